The van der Waals surface area contributed by atoms with E-state index in [2.05, 4.69) is 20.1 Å². The van der Waals surface area contributed by atoms with Crippen LogP contribution < -0.4 is 5.73 Å². The summed E-state index contributed by atoms with van der Waals surface area (Å²) in [6, 6.07) is 0. The maximum Gasteiger partial charge on any atom is 0.261 e. The number of aromatic nitrogens is 4. The van der Waals surface area contributed by atoms with Gasteiger partial charge in [-0.1, -0.05) is 5.16 Å². The molecule has 96 valence electrons. The predicted octanol–water partition coefficient (Wildman–Crippen LogP) is 2.26. The second-order valence-corrected chi connectivity index (χ2v) is 5.59. The van der Waals surface area contributed by atoms with E-state index in [1.165, 1.54) is 16.9 Å². The Labute approximate surface area is 112 Å². The van der Waals surface area contributed by atoms with Crippen LogP contribution in [0.4, 0.5) is 5.00 Å². The monoisotopic (exact) mass is 273 g/mol. The van der Waals surface area contributed by atoms with Crippen molar-refractivity contribution in [1.29, 1.82) is 0 Å². The highest BCUT2D eigenvalue weighted by molar-refractivity contribution is 7.16. The molecule has 0 saturated heterocycles. The molecule has 1 aliphatic carbocycles. The van der Waals surface area contributed by atoms with Gasteiger partial charge in [-0.25, -0.2) is 4.98 Å². The van der Waals surface area contributed by atoms with Crippen molar-refractivity contribution in [3.63, 3.8) is 0 Å². The molecule has 19 heavy (non-hydrogen) atoms. The van der Waals surface area contributed by atoms with E-state index in [0.29, 0.717) is 17.5 Å². The van der Waals surface area contributed by atoms with E-state index in [1.54, 1.807) is 23.7 Å². The minimum Gasteiger partial charge on any atom is -0.390 e. The van der Waals surface area contributed by atoms with Gasteiger partial charge in [-0.05, 0) is 24.8 Å². The van der Waals surface area contributed by atoms with Gasteiger partial charge >= 0.3 is 0 Å². The van der Waals surface area contributed by atoms with Gasteiger partial charge in [0.1, 0.15) is 0 Å². The maximum absolute atomic E-state index is 6.08. The fourth-order valence-corrected chi connectivity index (χ4v) is 3.62. The summed E-state index contributed by atoms with van der Waals surface area (Å²) in [4.78, 5) is 12.8. The zero-order valence-electron chi connectivity index (χ0n) is 10.0. The Morgan fingerprint density at radius 1 is 1.37 bits per heavy atom. The third-order valence-electron chi connectivity index (χ3n) is 3.30. The van der Waals surface area contributed by atoms with Crippen LogP contribution in [-0.2, 0) is 12.8 Å². The van der Waals surface area contributed by atoms with Crippen LogP contribution in [0.2, 0.25) is 0 Å². The summed E-state index contributed by atoms with van der Waals surface area (Å²) < 4.78 is 5.34. The Bertz CT molecular complexity index is 727. The number of aromatic amines is 1. The SMILES string of the molecule is Nc1sc2c(c1-c1nc(-c3ncc[nH]3)no1)CCC2. The number of aryl methyl sites for hydroxylation is 1. The quantitative estimate of drug-likeness (QED) is 0.747. The van der Waals surface area contributed by atoms with Crippen LogP contribution in [0.3, 0.4) is 0 Å². The van der Waals surface area contributed by atoms with Gasteiger partial charge in [0.2, 0.25) is 5.82 Å². The zero-order valence-corrected chi connectivity index (χ0v) is 10.8. The minimum atomic E-state index is 0.456. The molecule has 0 bridgehead atoms. The molecular formula is C12H11N5OS. The number of H-pyrrole nitrogens is 1. The van der Waals surface area contributed by atoms with Crippen LogP contribution in [0.15, 0.2) is 16.9 Å². The van der Waals surface area contributed by atoms with Crippen molar-refractivity contribution in [2.45, 2.75) is 19.3 Å². The van der Waals surface area contributed by atoms with Crippen LogP contribution in [0, 0.1) is 0 Å². The Hall–Kier alpha value is -2.15. The lowest BCUT2D eigenvalue weighted by Crippen LogP contribution is -1.89. The number of anilines is 1. The molecular weight excluding hydrogens is 262 g/mol. The highest BCUT2D eigenvalue weighted by Gasteiger charge is 2.25. The van der Waals surface area contributed by atoms with Crippen molar-refractivity contribution >= 4 is 16.3 Å². The Kier molecular flexibility index (Phi) is 2.22. The topological polar surface area (TPSA) is 93.6 Å². The second kappa shape index (κ2) is 3.92. The third-order valence-corrected chi connectivity index (χ3v) is 4.42. The van der Waals surface area contributed by atoms with Gasteiger partial charge in [0.05, 0.1) is 10.6 Å². The van der Waals surface area contributed by atoms with Gasteiger partial charge in [-0.3, -0.25) is 0 Å². The van der Waals surface area contributed by atoms with E-state index < -0.39 is 0 Å². The van der Waals surface area contributed by atoms with Crippen molar-refractivity contribution in [1.82, 2.24) is 20.1 Å². The summed E-state index contributed by atoms with van der Waals surface area (Å²) >= 11 is 1.63. The standard InChI is InChI=1S/C12H11N5OS/c13-9-8(6-2-1-3-7(6)19-9)12-16-11(17-18-12)10-14-4-5-15-10/h4-5H,1-3,13H2,(H,14,15). The Balaban J connectivity index is 1.82. The number of fused-ring (bicyclic) bond motifs is 1. The molecule has 0 aromatic carbocycles. The van der Waals surface area contributed by atoms with Crippen molar-refractivity contribution < 1.29 is 4.52 Å². The van der Waals surface area contributed by atoms with E-state index in [0.717, 1.165) is 23.4 Å². The van der Waals surface area contributed by atoms with Crippen LogP contribution in [0.1, 0.15) is 16.9 Å². The van der Waals surface area contributed by atoms with Crippen LogP contribution in [0.5, 0.6) is 0 Å². The van der Waals surface area contributed by atoms with Gasteiger partial charge in [0.25, 0.3) is 5.89 Å². The average molecular weight is 273 g/mol. The molecule has 0 atom stereocenters. The lowest BCUT2D eigenvalue weighted by atomic mass is 10.1. The zero-order chi connectivity index (χ0) is 12.8. The number of nitrogen functional groups attached to an aromatic ring is 1. The van der Waals surface area contributed by atoms with Crippen molar-refractivity contribution in [3.8, 4) is 23.1 Å². The van der Waals surface area contributed by atoms with Crippen molar-refractivity contribution in [2.24, 2.45) is 0 Å². The van der Waals surface area contributed by atoms with E-state index in [1.807, 2.05) is 0 Å². The number of nitrogens with one attached hydrogen (secondary N) is 1. The molecule has 0 saturated carbocycles. The first-order valence-corrected chi connectivity index (χ1v) is 6.88. The molecule has 3 heterocycles. The summed E-state index contributed by atoms with van der Waals surface area (Å²) in [5, 5.41) is 4.71. The first-order chi connectivity index (χ1) is 9.33. The molecule has 0 spiro atoms. The van der Waals surface area contributed by atoms with Crippen LogP contribution in [-0.4, -0.2) is 20.1 Å². The Morgan fingerprint density at radius 3 is 3.16 bits per heavy atom. The number of imidazole rings is 1. The largest absolute Gasteiger partial charge is 0.390 e. The predicted molar refractivity (Wildman–Crippen MR) is 71.6 cm³/mol. The summed E-state index contributed by atoms with van der Waals surface area (Å²) in [6.07, 6.45) is 6.69. The molecule has 0 aliphatic heterocycles. The molecule has 0 radical (unpaired) electrons. The van der Waals surface area contributed by atoms with Gasteiger partial charge in [0, 0.05) is 17.3 Å². The average Bonchev–Trinajstić information content (AvgIpc) is 3.11. The van der Waals surface area contributed by atoms with Gasteiger partial charge in [-0.2, -0.15) is 4.98 Å². The molecule has 0 amide bonds. The molecule has 0 unspecified atom stereocenters. The minimum absolute atomic E-state index is 0.456. The normalized spacial score (nSPS) is 13.9. The third kappa shape index (κ3) is 1.58. The number of rotatable bonds is 2. The fourth-order valence-electron chi connectivity index (χ4n) is 2.47. The fraction of sp³-hybridized carbons (Fsp3) is 0.250. The van der Waals surface area contributed by atoms with E-state index in [9.17, 15) is 0 Å². The van der Waals surface area contributed by atoms with Gasteiger partial charge in [0.15, 0.2) is 5.82 Å². The summed E-state index contributed by atoms with van der Waals surface area (Å²) in [5.41, 5.74) is 8.27. The number of thiophene rings is 1. The summed E-state index contributed by atoms with van der Waals surface area (Å²) in [5.74, 6) is 1.54. The molecule has 6 nitrogen and oxygen atoms in total. The van der Waals surface area contributed by atoms with Gasteiger partial charge < -0.3 is 15.2 Å². The number of hydrogen-bond donors (Lipinski definition) is 2. The van der Waals surface area contributed by atoms with Crippen LogP contribution in [0.25, 0.3) is 23.1 Å². The molecule has 1 aliphatic rings. The lowest BCUT2D eigenvalue weighted by Gasteiger charge is -1.96. The molecule has 3 N–H and O–H groups in total. The highest BCUT2D eigenvalue weighted by atomic mass is 32.1. The van der Waals surface area contributed by atoms with Crippen LogP contribution >= 0.6 is 11.3 Å². The molecule has 0 fully saturated rings. The summed E-state index contributed by atoms with van der Waals surface area (Å²) in [7, 11) is 0. The summed E-state index contributed by atoms with van der Waals surface area (Å²) in [6.45, 7) is 0. The maximum atomic E-state index is 6.08. The second-order valence-electron chi connectivity index (χ2n) is 4.46. The number of nitrogens with two attached hydrogens (primary N) is 1. The number of nitrogens with zero attached hydrogens (tertiary/aromatic N) is 3. The molecule has 3 aromatic rings. The molecule has 7 heteroatoms. The molecule has 4 rings (SSSR count). The van der Waals surface area contributed by atoms with E-state index in [-0.39, 0.29) is 0 Å². The molecule has 3 aromatic heterocycles. The van der Waals surface area contributed by atoms with E-state index >= 15 is 0 Å². The van der Waals surface area contributed by atoms with Gasteiger partial charge in [-0.15, -0.1) is 11.3 Å². The van der Waals surface area contributed by atoms with Crippen molar-refractivity contribution in [2.75, 3.05) is 5.73 Å². The highest BCUT2D eigenvalue weighted by Crippen LogP contribution is 2.42. The van der Waals surface area contributed by atoms with E-state index in [4.69, 9.17) is 10.3 Å². The first-order valence-electron chi connectivity index (χ1n) is 6.07. The number of hydrogen-bond acceptors (Lipinski definition) is 6. The smallest absolute Gasteiger partial charge is 0.261 e. The lowest BCUT2D eigenvalue weighted by molar-refractivity contribution is 0.432. The Morgan fingerprint density at radius 2 is 2.32 bits per heavy atom. The van der Waals surface area contributed by atoms with Crippen molar-refractivity contribution in [3.05, 3.63) is 22.8 Å². The first kappa shape index (κ1) is 10.7.